The van der Waals surface area contributed by atoms with Gasteiger partial charge in [-0.3, -0.25) is 0 Å². The van der Waals surface area contributed by atoms with Crippen LogP contribution in [0.5, 0.6) is 0 Å². The van der Waals surface area contributed by atoms with Gasteiger partial charge in [-0.15, -0.1) is 0 Å². The van der Waals surface area contributed by atoms with Crippen LogP contribution < -0.4 is 0 Å². The number of nitrogens with zero attached hydrogens (tertiary/aromatic N) is 1. The first-order valence-electron chi connectivity index (χ1n) is 4.54. The smallest absolute Gasteiger partial charge is 0.135 e. The van der Waals surface area contributed by atoms with E-state index in [4.69, 9.17) is 0 Å². The van der Waals surface area contributed by atoms with Gasteiger partial charge in [-0.1, -0.05) is 58.0 Å². The second-order valence-corrected chi connectivity index (χ2v) is 5.73. The Balaban J connectivity index is 2.08. The van der Waals surface area contributed by atoms with Gasteiger partial charge in [0.2, 0.25) is 0 Å². The zero-order valence-corrected chi connectivity index (χ0v) is 10.4. The maximum atomic E-state index is 3.64. The highest BCUT2D eigenvalue weighted by molar-refractivity contribution is 9.11. The summed E-state index contributed by atoms with van der Waals surface area (Å²) >= 11 is 5.45. The summed E-state index contributed by atoms with van der Waals surface area (Å²) in [4.78, 5) is 2.35. The van der Waals surface area contributed by atoms with E-state index in [0.29, 0.717) is 4.28 Å². The third-order valence-corrected chi connectivity index (χ3v) is 4.34. The molecule has 1 nitrogen and oxygen atoms in total. The Morgan fingerprint density at radius 1 is 1.36 bits per heavy atom. The molecule has 1 aliphatic rings. The van der Waals surface area contributed by atoms with Crippen molar-refractivity contribution in [3.63, 3.8) is 0 Å². The summed E-state index contributed by atoms with van der Waals surface area (Å²) in [6, 6.07) is 10.5. The summed E-state index contributed by atoms with van der Waals surface area (Å²) < 4.78 is 0.391. The molecule has 0 saturated heterocycles. The molecule has 1 aromatic rings. The molecule has 0 bridgehead atoms. The number of alkyl halides is 1. The molecule has 2 rings (SSSR count). The second kappa shape index (κ2) is 4.41. The van der Waals surface area contributed by atoms with E-state index in [1.807, 2.05) is 11.8 Å². The van der Waals surface area contributed by atoms with Gasteiger partial charge in [0.25, 0.3) is 0 Å². The van der Waals surface area contributed by atoms with Crippen LogP contribution in [-0.2, 0) is 6.54 Å². The number of allylic oxidation sites excluding steroid dienone is 1. The standard InChI is InChI=1S/C11H12BrNS/c1-9-8-14-11(12)13(9)7-10-5-3-2-4-6-10/h2-6,8,11H,7H2,1H3. The SMILES string of the molecule is CC1=CSC(Br)N1Cc1ccccc1. The molecular weight excluding hydrogens is 258 g/mol. The van der Waals surface area contributed by atoms with Crippen molar-refractivity contribution in [2.75, 3.05) is 0 Å². The quantitative estimate of drug-likeness (QED) is 0.594. The van der Waals surface area contributed by atoms with Gasteiger partial charge in [0.15, 0.2) is 0 Å². The fourth-order valence-electron chi connectivity index (χ4n) is 1.43. The molecule has 1 heterocycles. The van der Waals surface area contributed by atoms with Gasteiger partial charge in [0.1, 0.15) is 4.28 Å². The Labute approximate surface area is 97.3 Å². The Morgan fingerprint density at radius 2 is 2.07 bits per heavy atom. The predicted molar refractivity (Wildman–Crippen MR) is 66.0 cm³/mol. The fraction of sp³-hybridized carbons (Fsp3) is 0.273. The largest absolute Gasteiger partial charge is 0.349 e. The molecule has 0 aliphatic carbocycles. The van der Waals surface area contributed by atoms with Crippen molar-refractivity contribution in [3.8, 4) is 0 Å². The molecule has 1 atom stereocenters. The van der Waals surface area contributed by atoms with E-state index in [2.05, 4.69) is 63.5 Å². The van der Waals surface area contributed by atoms with E-state index in [0.717, 1.165) is 6.54 Å². The number of benzene rings is 1. The van der Waals surface area contributed by atoms with Crippen LogP contribution in [0.4, 0.5) is 0 Å². The van der Waals surface area contributed by atoms with Crippen LogP contribution in [0.25, 0.3) is 0 Å². The number of thioether (sulfide) groups is 1. The van der Waals surface area contributed by atoms with Gasteiger partial charge in [0, 0.05) is 12.2 Å². The van der Waals surface area contributed by atoms with Gasteiger partial charge in [-0.25, -0.2) is 0 Å². The lowest BCUT2D eigenvalue weighted by atomic mass is 10.2. The minimum Gasteiger partial charge on any atom is -0.349 e. The van der Waals surface area contributed by atoms with Crippen LogP contribution in [0.1, 0.15) is 12.5 Å². The zero-order chi connectivity index (χ0) is 9.97. The lowest BCUT2D eigenvalue weighted by Crippen LogP contribution is -2.22. The molecule has 1 aliphatic heterocycles. The predicted octanol–water partition coefficient (Wildman–Crippen LogP) is 3.78. The van der Waals surface area contributed by atoms with Crippen LogP contribution >= 0.6 is 27.7 Å². The number of rotatable bonds is 2. The molecule has 0 fully saturated rings. The highest BCUT2D eigenvalue weighted by Crippen LogP contribution is 2.35. The lowest BCUT2D eigenvalue weighted by Gasteiger charge is -2.23. The van der Waals surface area contributed by atoms with Crippen LogP contribution in [0, 0.1) is 0 Å². The Bertz CT molecular complexity index is 336. The third kappa shape index (κ3) is 2.15. The highest BCUT2D eigenvalue weighted by atomic mass is 79.9. The molecule has 0 aromatic heterocycles. The Kier molecular flexibility index (Phi) is 3.19. The van der Waals surface area contributed by atoms with Crippen molar-refractivity contribution in [3.05, 3.63) is 47.0 Å². The Morgan fingerprint density at radius 3 is 2.64 bits per heavy atom. The summed E-state index contributed by atoms with van der Waals surface area (Å²) in [6.07, 6.45) is 0. The van der Waals surface area contributed by atoms with Crippen LogP contribution in [0.15, 0.2) is 41.4 Å². The minimum atomic E-state index is 0.391. The molecule has 14 heavy (non-hydrogen) atoms. The fourth-order valence-corrected chi connectivity index (χ4v) is 3.06. The average Bonchev–Trinajstić information content (AvgIpc) is 2.51. The Hall–Kier alpha value is -0.410. The van der Waals surface area contributed by atoms with E-state index >= 15 is 0 Å². The summed E-state index contributed by atoms with van der Waals surface area (Å²) in [5, 5.41) is 2.20. The van der Waals surface area contributed by atoms with E-state index in [-0.39, 0.29) is 0 Å². The molecule has 0 N–H and O–H groups in total. The van der Waals surface area contributed by atoms with Gasteiger partial charge in [-0.05, 0) is 17.9 Å². The average molecular weight is 270 g/mol. The number of hydrogen-bond acceptors (Lipinski definition) is 2. The van der Waals surface area contributed by atoms with Crippen molar-refractivity contribution < 1.29 is 0 Å². The van der Waals surface area contributed by atoms with Gasteiger partial charge in [0.05, 0.1) is 0 Å². The first kappa shape index (κ1) is 10.1. The van der Waals surface area contributed by atoms with Crippen molar-refractivity contribution in [1.29, 1.82) is 0 Å². The van der Waals surface area contributed by atoms with Crippen molar-refractivity contribution in [1.82, 2.24) is 4.90 Å². The molecule has 0 radical (unpaired) electrons. The molecule has 0 saturated carbocycles. The maximum Gasteiger partial charge on any atom is 0.135 e. The van der Waals surface area contributed by atoms with Gasteiger partial charge >= 0.3 is 0 Å². The van der Waals surface area contributed by atoms with Gasteiger partial charge < -0.3 is 4.90 Å². The van der Waals surface area contributed by atoms with Crippen LogP contribution in [0.2, 0.25) is 0 Å². The summed E-state index contributed by atoms with van der Waals surface area (Å²) in [5.74, 6) is 0. The van der Waals surface area contributed by atoms with Crippen LogP contribution in [-0.4, -0.2) is 9.18 Å². The molecule has 74 valence electrons. The molecule has 3 heteroatoms. The van der Waals surface area contributed by atoms with E-state index in [9.17, 15) is 0 Å². The number of halogens is 1. The summed E-state index contributed by atoms with van der Waals surface area (Å²) in [6.45, 7) is 3.13. The van der Waals surface area contributed by atoms with Crippen LogP contribution in [0.3, 0.4) is 0 Å². The first-order valence-corrected chi connectivity index (χ1v) is 6.40. The molecule has 0 spiro atoms. The van der Waals surface area contributed by atoms with E-state index < -0.39 is 0 Å². The zero-order valence-electron chi connectivity index (χ0n) is 7.98. The van der Waals surface area contributed by atoms with E-state index in [1.54, 1.807) is 0 Å². The van der Waals surface area contributed by atoms with Crippen molar-refractivity contribution in [2.24, 2.45) is 0 Å². The second-order valence-electron chi connectivity index (χ2n) is 3.30. The molecule has 0 amide bonds. The van der Waals surface area contributed by atoms with Gasteiger partial charge in [-0.2, -0.15) is 0 Å². The van der Waals surface area contributed by atoms with E-state index in [1.165, 1.54) is 11.3 Å². The molecule has 1 unspecified atom stereocenters. The summed E-state index contributed by atoms with van der Waals surface area (Å²) in [5.41, 5.74) is 2.69. The minimum absolute atomic E-state index is 0.391. The molecule has 1 aromatic carbocycles. The lowest BCUT2D eigenvalue weighted by molar-refractivity contribution is 0.388. The molecular formula is C11H12BrNS. The number of hydrogen-bond donors (Lipinski definition) is 0. The maximum absolute atomic E-state index is 3.64. The van der Waals surface area contributed by atoms with Crippen molar-refractivity contribution in [2.45, 2.75) is 17.8 Å². The first-order chi connectivity index (χ1) is 6.77. The van der Waals surface area contributed by atoms with Crippen molar-refractivity contribution >= 4 is 27.7 Å². The topological polar surface area (TPSA) is 3.24 Å². The third-order valence-electron chi connectivity index (χ3n) is 2.24. The highest BCUT2D eigenvalue weighted by Gasteiger charge is 2.21. The normalized spacial score (nSPS) is 21.1. The summed E-state index contributed by atoms with van der Waals surface area (Å²) in [7, 11) is 0. The monoisotopic (exact) mass is 269 g/mol.